The summed E-state index contributed by atoms with van der Waals surface area (Å²) in [7, 11) is 0. The Morgan fingerprint density at radius 1 is 0.627 bits per heavy atom. The van der Waals surface area contributed by atoms with Crippen LogP contribution >= 0.6 is 0 Å². The average Bonchev–Trinajstić information content (AvgIpc) is 3.11. The standard InChI is InChI=1S/C40H55NO10/c1-5-48-38(42)17-12-21-44-23-25-46-27-28-47-26-24-45-22-20-41(39(43)51-40(2,3)4)30-35-18-19-36(49-31-33-13-8-6-9-14-33)37(29-35)50-32-34-15-10-7-11-16-34/h6-11,13-16,18-19,29H,5,12,17,20-28,30-32H2,1-4H3. The maximum Gasteiger partial charge on any atom is 0.410 e. The number of hydrogen-bond acceptors (Lipinski definition) is 10. The number of carbonyl (C=O) groups is 2. The number of amides is 1. The van der Waals surface area contributed by atoms with Gasteiger partial charge in [0.2, 0.25) is 0 Å². The highest BCUT2D eigenvalue weighted by Crippen LogP contribution is 2.31. The minimum absolute atomic E-state index is 0.204. The van der Waals surface area contributed by atoms with Gasteiger partial charge in [-0.05, 0) is 62.9 Å². The molecule has 3 aromatic rings. The first-order chi connectivity index (χ1) is 24.7. The second-order valence-electron chi connectivity index (χ2n) is 12.6. The van der Waals surface area contributed by atoms with E-state index in [-0.39, 0.29) is 5.97 Å². The highest BCUT2D eigenvalue weighted by atomic mass is 16.6. The molecule has 0 bridgehead atoms. The van der Waals surface area contributed by atoms with E-state index in [0.717, 1.165) is 16.7 Å². The summed E-state index contributed by atoms with van der Waals surface area (Å²) in [6.07, 6.45) is 0.550. The van der Waals surface area contributed by atoms with Crippen molar-refractivity contribution >= 4 is 12.1 Å². The van der Waals surface area contributed by atoms with Crippen LogP contribution in [0.15, 0.2) is 78.9 Å². The van der Waals surface area contributed by atoms with Crippen LogP contribution in [-0.2, 0) is 53.0 Å². The van der Waals surface area contributed by atoms with Crippen LogP contribution in [0.25, 0.3) is 0 Å². The molecule has 51 heavy (non-hydrogen) atoms. The topological polar surface area (TPSA) is 111 Å². The van der Waals surface area contributed by atoms with Gasteiger partial charge < -0.3 is 42.8 Å². The van der Waals surface area contributed by atoms with Crippen molar-refractivity contribution in [2.45, 2.75) is 65.9 Å². The van der Waals surface area contributed by atoms with Crippen molar-refractivity contribution < 1.29 is 47.5 Å². The molecule has 0 radical (unpaired) electrons. The Morgan fingerprint density at radius 3 is 1.71 bits per heavy atom. The third kappa shape index (κ3) is 18.6. The van der Waals surface area contributed by atoms with Crippen LogP contribution in [0.2, 0.25) is 0 Å². The van der Waals surface area contributed by atoms with E-state index in [1.807, 2.05) is 99.6 Å². The molecular weight excluding hydrogens is 654 g/mol. The van der Waals surface area contributed by atoms with Gasteiger partial charge in [0, 0.05) is 26.1 Å². The normalized spacial score (nSPS) is 11.2. The number of hydrogen-bond donors (Lipinski definition) is 0. The van der Waals surface area contributed by atoms with Crippen LogP contribution in [0.3, 0.4) is 0 Å². The minimum atomic E-state index is -0.651. The van der Waals surface area contributed by atoms with Gasteiger partial charge in [0.05, 0.1) is 52.9 Å². The van der Waals surface area contributed by atoms with Gasteiger partial charge in [0.15, 0.2) is 11.5 Å². The monoisotopic (exact) mass is 709 g/mol. The molecule has 3 rings (SSSR count). The van der Waals surface area contributed by atoms with Crippen LogP contribution in [0.5, 0.6) is 11.5 Å². The van der Waals surface area contributed by atoms with Crippen LogP contribution in [0, 0.1) is 0 Å². The minimum Gasteiger partial charge on any atom is -0.485 e. The Bertz CT molecular complexity index is 1380. The lowest BCUT2D eigenvalue weighted by Crippen LogP contribution is -2.38. The maximum atomic E-state index is 13.2. The fourth-order valence-corrected chi connectivity index (χ4v) is 4.62. The molecule has 0 atom stereocenters. The highest BCUT2D eigenvalue weighted by molar-refractivity contribution is 5.69. The Kier molecular flexibility index (Phi) is 19.5. The Labute approximate surface area is 303 Å². The number of rotatable bonds is 25. The van der Waals surface area contributed by atoms with Crippen molar-refractivity contribution in [1.29, 1.82) is 0 Å². The predicted molar refractivity (Wildman–Crippen MR) is 194 cm³/mol. The van der Waals surface area contributed by atoms with E-state index in [1.54, 1.807) is 11.8 Å². The smallest absolute Gasteiger partial charge is 0.410 e. The van der Waals surface area contributed by atoms with Crippen molar-refractivity contribution in [1.82, 2.24) is 4.90 Å². The third-order valence-electron chi connectivity index (χ3n) is 7.10. The molecule has 0 aliphatic heterocycles. The Balaban J connectivity index is 1.44. The zero-order chi connectivity index (χ0) is 36.6. The third-order valence-corrected chi connectivity index (χ3v) is 7.10. The molecule has 0 saturated heterocycles. The number of carbonyl (C=O) groups excluding carboxylic acids is 2. The summed E-state index contributed by atoms with van der Waals surface area (Å²) < 4.78 is 45.4. The fraction of sp³-hybridized carbons (Fsp3) is 0.500. The van der Waals surface area contributed by atoms with Gasteiger partial charge >= 0.3 is 12.1 Å². The molecule has 0 aliphatic carbocycles. The van der Waals surface area contributed by atoms with Crippen LogP contribution in [0.1, 0.15) is 57.2 Å². The van der Waals surface area contributed by atoms with E-state index in [0.29, 0.717) is 110 Å². The van der Waals surface area contributed by atoms with E-state index in [2.05, 4.69) is 0 Å². The predicted octanol–water partition coefficient (Wildman–Crippen LogP) is 6.99. The lowest BCUT2D eigenvalue weighted by molar-refractivity contribution is -0.143. The molecule has 0 heterocycles. The maximum absolute atomic E-state index is 13.2. The first-order valence-corrected chi connectivity index (χ1v) is 17.6. The summed E-state index contributed by atoms with van der Waals surface area (Å²) in [6.45, 7) is 12.4. The summed E-state index contributed by atoms with van der Waals surface area (Å²) in [5.41, 5.74) is 2.29. The number of ether oxygens (including phenoxy) is 8. The summed E-state index contributed by atoms with van der Waals surface area (Å²) in [5.74, 6) is 1.00. The van der Waals surface area contributed by atoms with E-state index in [1.165, 1.54) is 0 Å². The second-order valence-corrected chi connectivity index (χ2v) is 12.6. The molecule has 0 unspecified atom stereocenters. The van der Waals surface area contributed by atoms with Gasteiger partial charge in [0.25, 0.3) is 0 Å². The zero-order valence-electron chi connectivity index (χ0n) is 30.6. The molecule has 0 spiro atoms. The van der Waals surface area contributed by atoms with Gasteiger partial charge in [-0.2, -0.15) is 0 Å². The number of nitrogens with zero attached hydrogens (tertiary/aromatic N) is 1. The van der Waals surface area contributed by atoms with E-state index in [4.69, 9.17) is 37.9 Å². The van der Waals surface area contributed by atoms with Crippen LogP contribution in [0.4, 0.5) is 4.79 Å². The van der Waals surface area contributed by atoms with Crippen molar-refractivity contribution in [3.8, 4) is 11.5 Å². The van der Waals surface area contributed by atoms with Crippen LogP contribution < -0.4 is 9.47 Å². The molecule has 11 nitrogen and oxygen atoms in total. The van der Waals surface area contributed by atoms with E-state index < -0.39 is 11.7 Å². The largest absolute Gasteiger partial charge is 0.485 e. The molecule has 0 fully saturated rings. The lowest BCUT2D eigenvalue weighted by Gasteiger charge is -2.27. The van der Waals surface area contributed by atoms with Crippen molar-refractivity contribution in [3.63, 3.8) is 0 Å². The second kappa shape index (κ2) is 24.1. The molecule has 0 aromatic heterocycles. The van der Waals surface area contributed by atoms with Gasteiger partial charge in [-0.15, -0.1) is 0 Å². The quantitative estimate of drug-likeness (QED) is 0.0674. The molecule has 280 valence electrons. The molecule has 0 saturated carbocycles. The van der Waals surface area contributed by atoms with Crippen molar-refractivity contribution in [3.05, 3.63) is 95.6 Å². The van der Waals surface area contributed by atoms with E-state index >= 15 is 0 Å². The molecule has 1 amide bonds. The summed E-state index contributed by atoms with van der Waals surface area (Å²) in [5, 5.41) is 0. The fourth-order valence-electron chi connectivity index (χ4n) is 4.62. The highest BCUT2D eigenvalue weighted by Gasteiger charge is 2.23. The first kappa shape index (κ1) is 41.3. The SMILES string of the molecule is CCOC(=O)CCCOCCOCCOCCOCCN(Cc1ccc(OCc2ccccc2)c(OCc2ccccc2)c1)C(=O)OC(C)(C)C. The van der Waals surface area contributed by atoms with Crippen molar-refractivity contribution in [2.75, 3.05) is 66.0 Å². The van der Waals surface area contributed by atoms with Gasteiger partial charge in [-0.25, -0.2) is 4.79 Å². The summed E-state index contributed by atoms with van der Waals surface area (Å²) in [4.78, 5) is 26.2. The molecule has 11 heteroatoms. The first-order valence-electron chi connectivity index (χ1n) is 17.6. The molecule has 3 aromatic carbocycles. The average molecular weight is 710 g/mol. The van der Waals surface area contributed by atoms with E-state index in [9.17, 15) is 9.59 Å². The Morgan fingerprint density at radius 2 is 1.16 bits per heavy atom. The zero-order valence-corrected chi connectivity index (χ0v) is 30.6. The number of esters is 1. The molecule has 0 N–H and O–H groups in total. The molecule has 0 aliphatic rings. The van der Waals surface area contributed by atoms with Gasteiger partial charge in [-0.3, -0.25) is 4.79 Å². The van der Waals surface area contributed by atoms with Gasteiger partial charge in [0.1, 0.15) is 18.8 Å². The van der Waals surface area contributed by atoms with Crippen LogP contribution in [-0.4, -0.2) is 88.6 Å². The van der Waals surface area contributed by atoms with Gasteiger partial charge in [-0.1, -0.05) is 66.7 Å². The Hall–Kier alpha value is -4.16. The lowest BCUT2D eigenvalue weighted by atomic mass is 10.1. The number of benzene rings is 3. The summed E-state index contributed by atoms with van der Waals surface area (Å²) >= 11 is 0. The molecular formula is C40H55NO10. The summed E-state index contributed by atoms with van der Waals surface area (Å²) in [6, 6.07) is 25.6. The van der Waals surface area contributed by atoms with Crippen molar-refractivity contribution in [2.24, 2.45) is 0 Å².